The van der Waals surface area contributed by atoms with Gasteiger partial charge >= 0.3 is 18.0 Å². The van der Waals surface area contributed by atoms with Gasteiger partial charge in [-0.15, -0.1) is 0 Å². The highest BCUT2D eigenvalue weighted by Crippen LogP contribution is 2.48. The Hall–Kier alpha value is -3.87. The number of pyridine rings is 1. The highest BCUT2D eigenvalue weighted by molar-refractivity contribution is 7.91. The van der Waals surface area contributed by atoms with Crippen molar-refractivity contribution in [2.45, 2.75) is 43.3 Å². The number of amides is 2. The van der Waals surface area contributed by atoms with Gasteiger partial charge in [-0.2, -0.15) is 22.0 Å². The second-order valence-electron chi connectivity index (χ2n) is 8.90. The van der Waals surface area contributed by atoms with Gasteiger partial charge in [-0.25, -0.2) is 8.42 Å². The summed E-state index contributed by atoms with van der Waals surface area (Å²) in [6.07, 6.45) is -3.97. The summed E-state index contributed by atoms with van der Waals surface area (Å²) >= 11 is 0. The first-order chi connectivity index (χ1) is 18.1. The van der Waals surface area contributed by atoms with Crippen molar-refractivity contribution in [3.05, 3.63) is 83.2 Å². The van der Waals surface area contributed by atoms with Gasteiger partial charge in [0.05, 0.1) is 45.6 Å². The summed E-state index contributed by atoms with van der Waals surface area (Å²) < 4.78 is 93.2. The van der Waals surface area contributed by atoms with Crippen LogP contribution in [0.25, 0.3) is 0 Å². The lowest BCUT2D eigenvalue weighted by Gasteiger charge is -2.25. The van der Waals surface area contributed by atoms with E-state index in [-0.39, 0.29) is 34.1 Å². The number of carbonyl (C=O) groups is 2. The van der Waals surface area contributed by atoms with Crippen LogP contribution in [0.3, 0.4) is 0 Å². The van der Waals surface area contributed by atoms with Gasteiger partial charge in [0.15, 0.2) is 9.84 Å². The Morgan fingerprint density at radius 1 is 1.08 bits per heavy atom. The number of benzene rings is 2. The van der Waals surface area contributed by atoms with Crippen LogP contribution in [0.15, 0.2) is 65.7 Å². The lowest BCUT2D eigenvalue weighted by Crippen LogP contribution is -2.36. The molecule has 1 aliphatic rings. The second-order valence-corrected chi connectivity index (χ2v) is 11.2. The highest BCUT2D eigenvalue weighted by Gasteiger charge is 2.54. The molecule has 1 N–H and O–H groups in total. The summed E-state index contributed by atoms with van der Waals surface area (Å²) in [6.45, 7) is 2.80. The molecule has 206 valence electrons. The van der Waals surface area contributed by atoms with Crippen LogP contribution in [0.1, 0.15) is 42.3 Å². The molecule has 0 aliphatic carbocycles. The summed E-state index contributed by atoms with van der Waals surface area (Å²) in [7, 11) is -3.41. The SMILES string of the molecule is CCS(=O)(=O)c1ccc(CC(=O)Nc2ccc3c(c2)C(F)(F)C(=O)N3C(C)c2cc(C(F)(F)F)ccn2)cc1. The van der Waals surface area contributed by atoms with Gasteiger partial charge in [0, 0.05) is 11.9 Å². The number of aromatic nitrogens is 1. The van der Waals surface area contributed by atoms with E-state index in [1.807, 2.05) is 0 Å². The first kappa shape index (κ1) is 28.1. The molecule has 2 amide bonds. The summed E-state index contributed by atoms with van der Waals surface area (Å²) in [5.74, 6) is -6.28. The Bertz CT molecular complexity index is 1540. The molecule has 7 nitrogen and oxygen atoms in total. The van der Waals surface area contributed by atoms with E-state index < -0.39 is 50.9 Å². The standard InChI is InChI=1S/C26H22F5N3O4S/c1-3-39(37,38)19-7-4-16(5-8-19)12-23(35)33-18-6-9-22-20(14-18)25(27,28)24(36)34(22)15(2)21-13-17(10-11-32-21)26(29,30)31/h4-11,13-15H,3,12H2,1-2H3,(H,33,35). The van der Waals surface area contributed by atoms with Crippen molar-refractivity contribution in [3.8, 4) is 0 Å². The Kier molecular flexibility index (Phi) is 7.23. The number of sulfone groups is 1. The Morgan fingerprint density at radius 3 is 2.36 bits per heavy atom. The number of halogens is 5. The maximum Gasteiger partial charge on any atom is 0.416 e. The zero-order valence-corrected chi connectivity index (χ0v) is 21.4. The Balaban J connectivity index is 1.55. The molecule has 1 aliphatic heterocycles. The predicted molar refractivity (Wildman–Crippen MR) is 132 cm³/mol. The minimum atomic E-state index is -4.68. The molecule has 4 rings (SSSR count). The van der Waals surface area contributed by atoms with Gasteiger partial charge in [0.2, 0.25) is 5.91 Å². The molecule has 0 bridgehead atoms. The molecule has 0 saturated carbocycles. The maximum absolute atomic E-state index is 15.0. The third-order valence-corrected chi connectivity index (χ3v) is 8.07. The minimum absolute atomic E-state index is 0.0249. The quantitative estimate of drug-likeness (QED) is 0.392. The molecule has 1 atom stereocenters. The molecule has 0 saturated heterocycles. The van der Waals surface area contributed by atoms with Gasteiger partial charge in [-0.3, -0.25) is 19.5 Å². The molecule has 1 aromatic heterocycles. The highest BCUT2D eigenvalue weighted by atomic mass is 32.2. The number of alkyl halides is 5. The lowest BCUT2D eigenvalue weighted by atomic mass is 10.1. The summed E-state index contributed by atoms with van der Waals surface area (Å²) in [6, 6.07) is 9.29. The van der Waals surface area contributed by atoms with Crippen LogP contribution in [0, 0.1) is 0 Å². The fourth-order valence-electron chi connectivity index (χ4n) is 4.19. The molecular formula is C26H22F5N3O4S. The molecule has 1 unspecified atom stereocenters. The first-order valence-corrected chi connectivity index (χ1v) is 13.3. The summed E-state index contributed by atoms with van der Waals surface area (Å²) in [5, 5.41) is 2.47. The van der Waals surface area contributed by atoms with Crippen molar-refractivity contribution in [3.63, 3.8) is 0 Å². The number of hydrogen-bond acceptors (Lipinski definition) is 5. The van der Waals surface area contributed by atoms with E-state index >= 15 is 0 Å². The normalized spacial score (nSPS) is 15.7. The topological polar surface area (TPSA) is 96.4 Å². The average molecular weight is 568 g/mol. The number of carbonyl (C=O) groups excluding carboxylic acids is 2. The van der Waals surface area contributed by atoms with Crippen LogP contribution in [-0.2, 0) is 37.9 Å². The number of fused-ring (bicyclic) bond motifs is 1. The lowest BCUT2D eigenvalue weighted by molar-refractivity contribution is -0.142. The van der Waals surface area contributed by atoms with Crippen LogP contribution in [0.4, 0.5) is 33.3 Å². The van der Waals surface area contributed by atoms with Crippen molar-refractivity contribution >= 4 is 33.0 Å². The molecule has 0 fully saturated rings. The van der Waals surface area contributed by atoms with Gasteiger partial charge in [0.1, 0.15) is 0 Å². The first-order valence-electron chi connectivity index (χ1n) is 11.7. The van der Waals surface area contributed by atoms with Crippen LogP contribution >= 0.6 is 0 Å². The van der Waals surface area contributed by atoms with E-state index in [9.17, 15) is 40.0 Å². The predicted octanol–water partition coefficient (Wildman–Crippen LogP) is 5.27. The van der Waals surface area contributed by atoms with Gasteiger partial charge in [-0.05, 0) is 55.0 Å². The van der Waals surface area contributed by atoms with E-state index in [2.05, 4.69) is 10.3 Å². The van der Waals surface area contributed by atoms with Crippen LogP contribution in [0.5, 0.6) is 0 Å². The second kappa shape index (κ2) is 10.0. The molecule has 0 radical (unpaired) electrons. The number of nitrogens with zero attached hydrogens (tertiary/aromatic N) is 2. The van der Waals surface area contributed by atoms with Gasteiger partial charge < -0.3 is 5.32 Å². The molecule has 39 heavy (non-hydrogen) atoms. The third kappa shape index (κ3) is 5.49. The Morgan fingerprint density at radius 2 is 1.74 bits per heavy atom. The van der Waals surface area contributed by atoms with Crippen LogP contribution in [0.2, 0.25) is 0 Å². The van der Waals surface area contributed by atoms with Crippen LogP contribution < -0.4 is 10.2 Å². The summed E-state index contributed by atoms with van der Waals surface area (Å²) in [4.78, 5) is 29.8. The molecule has 3 aromatic rings. The van der Waals surface area contributed by atoms with Gasteiger partial charge in [0.25, 0.3) is 0 Å². The fourth-order valence-corrected chi connectivity index (χ4v) is 5.08. The monoisotopic (exact) mass is 567 g/mol. The molecule has 2 aromatic carbocycles. The van der Waals surface area contributed by atoms with Crippen molar-refractivity contribution < 1.29 is 40.0 Å². The van der Waals surface area contributed by atoms with Crippen LogP contribution in [-0.4, -0.2) is 31.0 Å². The van der Waals surface area contributed by atoms with E-state index in [4.69, 9.17) is 0 Å². The molecule has 2 heterocycles. The van der Waals surface area contributed by atoms with E-state index in [1.165, 1.54) is 50.2 Å². The smallest absolute Gasteiger partial charge is 0.326 e. The summed E-state index contributed by atoms with van der Waals surface area (Å²) in [5.41, 5.74) is -1.73. The van der Waals surface area contributed by atoms with Crippen molar-refractivity contribution in [2.75, 3.05) is 16.0 Å². The van der Waals surface area contributed by atoms with E-state index in [1.54, 1.807) is 0 Å². The number of rotatable bonds is 7. The van der Waals surface area contributed by atoms with Crippen molar-refractivity contribution in [1.29, 1.82) is 0 Å². The molecule has 13 heteroatoms. The van der Waals surface area contributed by atoms with E-state index in [0.29, 0.717) is 16.5 Å². The largest absolute Gasteiger partial charge is 0.416 e. The third-order valence-electron chi connectivity index (χ3n) is 6.32. The minimum Gasteiger partial charge on any atom is -0.326 e. The number of hydrogen-bond donors (Lipinski definition) is 1. The zero-order chi connectivity index (χ0) is 28.8. The maximum atomic E-state index is 15.0. The van der Waals surface area contributed by atoms with E-state index in [0.717, 1.165) is 18.3 Å². The van der Waals surface area contributed by atoms with Crippen molar-refractivity contribution in [1.82, 2.24) is 4.98 Å². The van der Waals surface area contributed by atoms with Crippen molar-refractivity contribution in [2.24, 2.45) is 0 Å². The zero-order valence-electron chi connectivity index (χ0n) is 20.6. The Labute approximate surface area is 220 Å². The molecular weight excluding hydrogens is 545 g/mol. The van der Waals surface area contributed by atoms with Gasteiger partial charge in [-0.1, -0.05) is 19.1 Å². The fraction of sp³-hybridized carbons (Fsp3) is 0.269. The molecule has 0 spiro atoms. The number of anilines is 2. The average Bonchev–Trinajstić information content (AvgIpc) is 3.08. The number of nitrogens with one attached hydrogen (secondary N) is 1.